The van der Waals surface area contributed by atoms with Crippen molar-refractivity contribution in [1.29, 1.82) is 0 Å². The molecule has 0 bridgehead atoms. The van der Waals surface area contributed by atoms with E-state index in [-0.39, 0.29) is 10.7 Å². The van der Waals surface area contributed by atoms with Crippen LogP contribution in [0.15, 0.2) is 30.5 Å². The van der Waals surface area contributed by atoms with E-state index in [4.69, 9.17) is 0 Å². The normalized spacial score (nSPS) is 22.8. The zero-order valence-corrected chi connectivity index (χ0v) is 11.8. The maximum Gasteiger partial charge on any atom is 0.253 e. The number of amides is 1. The molecule has 2 aromatic rings. The third-order valence-corrected chi connectivity index (χ3v) is 5.30. The monoisotopic (exact) mass is 274 g/mol. The van der Waals surface area contributed by atoms with Gasteiger partial charge < -0.3 is 10.3 Å². The predicted molar refractivity (Wildman–Crippen MR) is 80.7 cm³/mol. The minimum absolute atomic E-state index is 0.0196. The number of nitrogens with one attached hydrogen (secondary N) is 2. The Bertz CT molecular complexity index is 599. The van der Waals surface area contributed by atoms with E-state index < -0.39 is 0 Å². The Balaban J connectivity index is 1.73. The second-order valence-electron chi connectivity index (χ2n) is 5.33. The molecule has 0 saturated carbocycles. The lowest BCUT2D eigenvalue weighted by molar-refractivity contribution is 0.0951. The van der Waals surface area contributed by atoms with Crippen LogP contribution >= 0.6 is 11.8 Å². The van der Waals surface area contributed by atoms with E-state index in [9.17, 15) is 4.79 Å². The lowest BCUT2D eigenvalue weighted by Crippen LogP contribution is -2.36. The summed E-state index contributed by atoms with van der Waals surface area (Å²) < 4.78 is 0.210. The number of aromatic nitrogens is 1. The fraction of sp³-hybridized carbons (Fsp3) is 0.400. The highest BCUT2D eigenvalue weighted by molar-refractivity contribution is 8.00. The number of thioether (sulfide) groups is 1. The topological polar surface area (TPSA) is 44.9 Å². The molecule has 1 aliphatic heterocycles. The standard InChI is InChI=1S/C15H18N2OS/c1-15(7-4-8-19-15)10-17-14(18)12-9-16-13-6-3-2-5-11(12)13/h2-3,5-6,9,16H,4,7-8,10H2,1H3,(H,17,18). The number of hydrogen-bond donors (Lipinski definition) is 2. The molecule has 0 aliphatic carbocycles. The second-order valence-corrected chi connectivity index (χ2v) is 7.02. The quantitative estimate of drug-likeness (QED) is 0.903. The molecule has 1 amide bonds. The molecular weight excluding hydrogens is 256 g/mol. The average Bonchev–Trinajstić information content (AvgIpc) is 3.03. The molecule has 1 atom stereocenters. The summed E-state index contributed by atoms with van der Waals surface area (Å²) in [6.45, 7) is 2.98. The van der Waals surface area contributed by atoms with Crippen LogP contribution < -0.4 is 5.32 Å². The van der Waals surface area contributed by atoms with Crippen LogP contribution in [-0.4, -0.2) is 27.9 Å². The molecule has 0 spiro atoms. The Morgan fingerprint density at radius 3 is 3.11 bits per heavy atom. The van der Waals surface area contributed by atoms with Gasteiger partial charge in [0.25, 0.3) is 5.91 Å². The summed E-state index contributed by atoms with van der Waals surface area (Å²) in [5.41, 5.74) is 1.75. The van der Waals surface area contributed by atoms with Gasteiger partial charge in [-0.1, -0.05) is 18.2 Å². The molecule has 100 valence electrons. The number of H-pyrrole nitrogens is 1. The van der Waals surface area contributed by atoms with Crippen molar-refractivity contribution in [3.8, 4) is 0 Å². The van der Waals surface area contributed by atoms with Gasteiger partial charge in [-0.05, 0) is 31.6 Å². The predicted octanol–water partition coefficient (Wildman–Crippen LogP) is 3.18. The number of fused-ring (bicyclic) bond motifs is 1. The van der Waals surface area contributed by atoms with Gasteiger partial charge in [0.1, 0.15) is 0 Å². The van der Waals surface area contributed by atoms with E-state index in [0.717, 1.165) is 23.0 Å². The van der Waals surface area contributed by atoms with Crippen LogP contribution in [-0.2, 0) is 0 Å². The van der Waals surface area contributed by atoms with E-state index in [1.54, 1.807) is 6.20 Å². The van der Waals surface area contributed by atoms with E-state index in [1.807, 2.05) is 36.0 Å². The molecule has 3 rings (SSSR count). The smallest absolute Gasteiger partial charge is 0.253 e. The molecule has 2 heterocycles. The van der Waals surface area contributed by atoms with Gasteiger partial charge in [-0.15, -0.1) is 0 Å². The minimum atomic E-state index is 0.0196. The molecule has 2 N–H and O–H groups in total. The zero-order valence-electron chi connectivity index (χ0n) is 11.0. The summed E-state index contributed by atoms with van der Waals surface area (Å²) in [5.74, 6) is 1.23. The van der Waals surface area contributed by atoms with Gasteiger partial charge in [0, 0.05) is 28.4 Å². The lowest BCUT2D eigenvalue weighted by atomic mass is 10.1. The molecular formula is C15H18N2OS. The van der Waals surface area contributed by atoms with Crippen molar-refractivity contribution < 1.29 is 4.79 Å². The fourth-order valence-electron chi connectivity index (χ4n) is 2.60. The highest BCUT2D eigenvalue weighted by atomic mass is 32.2. The SMILES string of the molecule is CC1(CNC(=O)c2c[nH]c3ccccc23)CCCS1. The average molecular weight is 274 g/mol. The maximum absolute atomic E-state index is 12.3. The summed E-state index contributed by atoms with van der Waals surface area (Å²) in [6, 6.07) is 7.89. The van der Waals surface area contributed by atoms with Crippen molar-refractivity contribution in [2.24, 2.45) is 0 Å². The number of para-hydroxylation sites is 1. The van der Waals surface area contributed by atoms with Crippen LogP contribution in [0.25, 0.3) is 10.9 Å². The Hall–Kier alpha value is -1.42. The molecule has 19 heavy (non-hydrogen) atoms. The number of aromatic amines is 1. The summed E-state index contributed by atoms with van der Waals surface area (Å²) >= 11 is 1.97. The highest BCUT2D eigenvalue weighted by Gasteiger charge is 2.30. The third kappa shape index (κ3) is 2.50. The second kappa shape index (κ2) is 4.93. The minimum Gasteiger partial charge on any atom is -0.360 e. The van der Waals surface area contributed by atoms with Gasteiger partial charge in [-0.3, -0.25) is 4.79 Å². The van der Waals surface area contributed by atoms with Gasteiger partial charge in [-0.2, -0.15) is 11.8 Å². The molecule has 4 heteroatoms. The van der Waals surface area contributed by atoms with Crippen molar-refractivity contribution in [1.82, 2.24) is 10.3 Å². The molecule has 1 fully saturated rings. The van der Waals surface area contributed by atoms with Crippen LogP contribution in [0.5, 0.6) is 0 Å². The Kier molecular flexibility index (Phi) is 3.27. The summed E-state index contributed by atoms with van der Waals surface area (Å²) in [5, 5.41) is 4.07. The molecule has 1 aromatic heterocycles. The first kappa shape index (κ1) is 12.6. The number of rotatable bonds is 3. The van der Waals surface area contributed by atoms with Gasteiger partial charge >= 0.3 is 0 Å². The van der Waals surface area contributed by atoms with Crippen LogP contribution in [0.2, 0.25) is 0 Å². The van der Waals surface area contributed by atoms with Crippen LogP contribution in [0, 0.1) is 0 Å². The third-order valence-electron chi connectivity index (χ3n) is 3.76. The number of carbonyl (C=O) groups is 1. The van der Waals surface area contributed by atoms with Crippen LogP contribution in [0.3, 0.4) is 0 Å². The Morgan fingerprint density at radius 2 is 2.32 bits per heavy atom. The van der Waals surface area contributed by atoms with Crippen LogP contribution in [0.4, 0.5) is 0 Å². The van der Waals surface area contributed by atoms with Crippen molar-refractivity contribution >= 4 is 28.6 Å². The van der Waals surface area contributed by atoms with Gasteiger partial charge in [-0.25, -0.2) is 0 Å². The molecule has 1 aromatic carbocycles. The Morgan fingerprint density at radius 1 is 1.47 bits per heavy atom. The van der Waals surface area contributed by atoms with Crippen molar-refractivity contribution in [2.45, 2.75) is 24.5 Å². The van der Waals surface area contributed by atoms with Gasteiger partial charge in [0.15, 0.2) is 0 Å². The summed E-state index contributed by atoms with van der Waals surface area (Å²) in [7, 11) is 0. The fourth-order valence-corrected chi connectivity index (χ4v) is 3.84. The number of benzene rings is 1. The maximum atomic E-state index is 12.3. The molecule has 0 radical (unpaired) electrons. The van der Waals surface area contributed by atoms with E-state index >= 15 is 0 Å². The van der Waals surface area contributed by atoms with Gasteiger partial charge in [0.05, 0.1) is 5.56 Å². The van der Waals surface area contributed by atoms with E-state index in [1.165, 1.54) is 18.6 Å². The van der Waals surface area contributed by atoms with Crippen molar-refractivity contribution in [3.63, 3.8) is 0 Å². The van der Waals surface area contributed by atoms with Gasteiger partial charge in [0.2, 0.25) is 0 Å². The van der Waals surface area contributed by atoms with Crippen molar-refractivity contribution in [2.75, 3.05) is 12.3 Å². The molecule has 1 saturated heterocycles. The number of hydrogen-bond acceptors (Lipinski definition) is 2. The highest BCUT2D eigenvalue weighted by Crippen LogP contribution is 2.37. The zero-order chi connectivity index (χ0) is 13.3. The largest absolute Gasteiger partial charge is 0.360 e. The Labute approximate surface area is 117 Å². The first-order chi connectivity index (χ1) is 9.18. The number of carbonyl (C=O) groups excluding carboxylic acids is 1. The first-order valence-electron chi connectivity index (χ1n) is 6.66. The lowest BCUT2D eigenvalue weighted by Gasteiger charge is -2.22. The van der Waals surface area contributed by atoms with Crippen molar-refractivity contribution in [3.05, 3.63) is 36.0 Å². The molecule has 1 unspecified atom stereocenters. The molecule has 1 aliphatic rings. The summed E-state index contributed by atoms with van der Waals surface area (Å²) in [6.07, 6.45) is 4.24. The van der Waals surface area contributed by atoms with E-state index in [2.05, 4.69) is 17.2 Å². The van der Waals surface area contributed by atoms with Crippen LogP contribution in [0.1, 0.15) is 30.1 Å². The van der Waals surface area contributed by atoms with E-state index in [0.29, 0.717) is 0 Å². The summed E-state index contributed by atoms with van der Waals surface area (Å²) in [4.78, 5) is 15.4. The first-order valence-corrected chi connectivity index (χ1v) is 7.65. The molecule has 3 nitrogen and oxygen atoms in total.